The summed E-state index contributed by atoms with van der Waals surface area (Å²) in [5, 5.41) is 8.17. The van der Waals surface area contributed by atoms with E-state index in [9.17, 15) is 13.6 Å². The Balaban J connectivity index is 1.44. The predicted octanol–water partition coefficient (Wildman–Crippen LogP) is 3.32. The maximum atomic E-state index is 14.1. The van der Waals surface area contributed by atoms with Crippen molar-refractivity contribution in [1.82, 2.24) is 24.9 Å². The van der Waals surface area contributed by atoms with Crippen molar-refractivity contribution in [2.45, 2.75) is 44.9 Å². The van der Waals surface area contributed by atoms with Gasteiger partial charge in [-0.3, -0.25) is 4.79 Å². The van der Waals surface area contributed by atoms with Gasteiger partial charge < -0.3 is 9.64 Å². The molecule has 1 aliphatic heterocycles. The maximum Gasteiger partial charge on any atom is 0.256 e. The zero-order valence-corrected chi connectivity index (χ0v) is 17.1. The van der Waals surface area contributed by atoms with Crippen LogP contribution in [-0.2, 0) is 0 Å². The van der Waals surface area contributed by atoms with Crippen molar-refractivity contribution in [1.29, 1.82) is 0 Å². The molecule has 3 aromatic rings. The van der Waals surface area contributed by atoms with Crippen LogP contribution in [0.2, 0.25) is 0 Å². The lowest BCUT2D eigenvalue weighted by molar-refractivity contribution is 0.0311. The van der Waals surface area contributed by atoms with E-state index in [0.717, 1.165) is 12.8 Å². The molecule has 5 rings (SSSR count). The molecule has 2 aliphatic rings. The van der Waals surface area contributed by atoms with Gasteiger partial charge in [0.1, 0.15) is 11.9 Å². The summed E-state index contributed by atoms with van der Waals surface area (Å²) in [6.45, 7) is 3.63. The molecule has 1 saturated heterocycles. The van der Waals surface area contributed by atoms with Gasteiger partial charge in [-0.1, -0.05) is 0 Å². The normalized spacial score (nSPS) is 24.6. The van der Waals surface area contributed by atoms with Crippen LogP contribution in [0.4, 0.5) is 8.78 Å². The number of hydrogen-bond donors (Lipinski definition) is 0. The van der Waals surface area contributed by atoms with Crippen LogP contribution in [0.1, 0.15) is 35.7 Å². The quantitative estimate of drug-likeness (QED) is 0.600. The van der Waals surface area contributed by atoms with Crippen LogP contribution in [-0.4, -0.2) is 49.0 Å². The predicted molar refractivity (Wildman–Crippen MR) is 107 cm³/mol. The number of likely N-dealkylation sites (tertiary alicyclic amines) is 1. The first-order chi connectivity index (χ1) is 14.9. The van der Waals surface area contributed by atoms with Gasteiger partial charge in [0.15, 0.2) is 0 Å². The molecule has 1 aliphatic carbocycles. The second-order valence-electron chi connectivity index (χ2n) is 8.15. The molecule has 1 amide bonds. The zero-order valence-electron chi connectivity index (χ0n) is 17.1. The van der Waals surface area contributed by atoms with Gasteiger partial charge >= 0.3 is 0 Å². The van der Waals surface area contributed by atoms with Gasteiger partial charge in [-0.2, -0.15) is 24.4 Å². The number of nitrogens with zero attached hydrogens (tertiary/aromatic N) is 5. The van der Waals surface area contributed by atoms with E-state index in [1.807, 2.05) is 6.92 Å². The van der Waals surface area contributed by atoms with Crippen LogP contribution in [0.25, 0.3) is 5.69 Å². The fourth-order valence-corrected chi connectivity index (χ4v) is 4.73. The van der Waals surface area contributed by atoms with Crippen molar-refractivity contribution in [3.05, 3.63) is 65.6 Å². The highest BCUT2D eigenvalue weighted by Gasteiger charge is 2.53. The number of aryl methyl sites for hydroxylation is 1. The second kappa shape index (κ2) is 7.40. The lowest BCUT2D eigenvalue weighted by atomic mass is 9.98. The first kappa shape index (κ1) is 19.6. The summed E-state index contributed by atoms with van der Waals surface area (Å²) in [4.78, 5) is 20.5. The highest BCUT2D eigenvalue weighted by molar-refractivity contribution is 5.98. The van der Waals surface area contributed by atoms with Crippen LogP contribution in [0, 0.1) is 24.6 Å². The molecule has 1 aromatic carbocycles. The first-order valence-electron chi connectivity index (χ1n) is 10.2. The number of pyridine rings is 1. The van der Waals surface area contributed by atoms with Gasteiger partial charge in [-0.25, -0.2) is 4.39 Å². The number of amides is 1. The summed E-state index contributed by atoms with van der Waals surface area (Å²) in [7, 11) is 0. The van der Waals surface area contributed by atoms with Crippen molar-refractivity contribution in [3.63, 3.8) is 0 Å². The van der Waals surface area contributed by atoms with E-state index < -0.39 is 11.8 Å². The third-order valence-corrected chi connectivity index (χ3v) is 6.33. The number of aromatic nitrogens is 4. The second-order valence-corrected chi connectivity index (χ2v) is 8.15. The summed E-state index contributed by atoms with van der Waals surface area (Å²) in [5.74, 6) is -0.938. The Hall–Kier alpha value is -3.36. The molecule has 1 saturated carbocycles. The minimum absolute atomic E-state index is 0.0261. The summed E-state index contributed by atoms with van der Waals surface area (Å²) >= 11 is 0. The Bertz CT molecular complexity index is 1140. The highest BCUT2D eigenvalue weighted by Crippen LogP contribution is 2.44. The summed E-state index contributed by atoms with van der Waals surface area (Å²) in [5.41, 5.74) is 1.04. The summed E-state index contributed by atoms with van der Waals surface area (Å²) < 4.78 is 33.9. The molecule has 7 nitrogen and oxygen atoms in total. The smallest absolute Gasteiger partial charge is 0.256 e. The molecular formula is C22H21F2N5O2. The molecule has 160 valence electrons. The van der Waals surface area contributed by atoms with Crippen LogP contribution in [0.5, 0.6) is 5.88 Å². The van der Waals surface area contributed by atoms with E-state index in [0.29, 0.717) is 11.3 Å². The third-order valence-electron chi connectivity index (χ3n) is 6.33. The standard InChI is InChI=1S/C22H21F2N5O2/c1-12-3-6-20(27-21(12)24)31-19-10-14-9-18(19)28(13(14)2)22(30)16-11-15(23)4-5-17(16)29-25-7-8-26-29/h3-8,11,13-14,18-19H,9-10H2,1-2H3. The minimum Gasteiger partial charge on any atom is -0.472 e. The molecule has 0 spiro atoms. The number of carbonyl (C=O) groups is 1. The number of carbonyl (C=O) groups excluding carboxylic acids is 1. The summed E-state index contributed by atoms with van der Waals surface area (Å²) in [6, 6.07) is 7.00. The van der Waals surface area contributed by atoms with E-state index in [-0.39, 0.29) is 41.5 Å². The lowest BCUT2D eigenvalue weighted by Crippen LogP contribution is -2.51. The third kappa shape index (κ3) is 3.34. The van der Waals surface area contributed by atoms with Crippen LogP contribution >= 0.6 is 0 Å². The van der Waals surface area contributed by atoms with Gasteiger partial charge in [-0.05, 0) is 56.9 Å². The first-order valence-corrected chi connectivity index (χ1v) is 10.2. The molecule has 2 fully saturated rings. The number of ether oxygens (including phenoxy) is 1. The molecule has 9 heteroatoms. The maximum absolute atomic E-state index is 14.1. The average molecular weight is 425 g/mol. The zero-order chi connectivity index (χ0) is 21.7. The van der Waals surface area contributed by atoms with Crippen molar-refractivity contribution in [2.24, 2.45) is 5.92 Å². The van der Waals surface area contributed by atoms with E-state index in [2.05, 4.69) is 15.2 Å². The number of halogens is 2. The van der Waals surface area contributed by atoms with Gasteiger partial charge in [0.2, 0.25) is 11.8 Å². The number of piperidine rings is 1. The van der Waals surface area contributed by atoms with Crippen molar-refractivity contribution >= 4 is 5.91 Å². The summed E-state index contributed by atoms with van der Waals surface area (Å²) in [6.07, 6.45) is 4.21. The van der Waals surface area contributed by atoms with Gasteiger partial charge in [0.05, 0.1) is 29.7 Å². The molecular weight excluding hydrogens is 404 g/mol. The number of benzene rings is 1. The van der Waals surface area contributed by atoms with E-state index >= 15 is 0 Å². The van der Waals surface area contributed by atoms with Crippen LogP contribution in [0.3, 0.4) is 0 Å². The highest BCUT2D eigenvalue weighted by atomic mass is 19.1. The molecule has 3 heterocycles. The Morgan fingerprint density at radius 2 is 1.90 bits per heavy atom. The largest absolute Gasteiger partial charge is 0.472 e. The molecule has 2 aromatic heterocycles. The lowest BCUT2D eigenvalue weighted by Gasteiger charge is -2.38. The molecule has 0 N–H and O–H groups in total. The number of rotatable bonds is 4. The average Bonchev–Trinajstić information content (AvgIpc) is 3.47. The molecule has 2 bridgehead atoms. The van der Waals surface area contributed by atoms with Crippen LogP contribution < -0.4 is 4.74 Å². The molecule has 4 atom stereocenters. The van der Waals surface area contributed by atoms with Crippen LogP contribution in [0.15, 0.2) is 42.7 Å². The SMILES string of the molecule is Cc1ccc(OC2CC3CC2N(C(=O)c2cc(F)ccc2-n2nccn2)C3C)nc1F. The molecule has 31 heavy (non-hydrogen) atoms. The fourth-order valence-electron chi connectivity index (χ4n) is 4.73. The Morgan fingerprint density at radius 3 is 2.61 bits per heavy atom. The van der Waals surface area contributed by atoms with Gasteiger partial charge in [0.25, 0.3) is 5.91 Å². The van der Waals surface area contributed by atoms with Gasteiger partial charge in [-0.15, -0.1) is 0 Å². The molecule has 4 unspecified atom stereocenters. The van der Waals surface area contributed by atoms with E-state index in [1.54, 1.807) is 24.0 Å². The Kier molecular flexibility index (Phi) is 4.68. The monoisotopic (exact) mass is 425 g/mol. The topological polar surface area (TPSA) is 73.1 Å². The Morgan fingerprint density at radius 1 is 1.13 bits per heavy atom. The minimum atomic E-state index is -0.571. The van der Waals surface area contributed by atoms with Crippen molar-refractivity contribution in [2.75, 3.05) is 0 Å². The fraction of sp³-hybridized carbons (Fsp3) is 0.364. The van der Waals surface area contributed by atoms with Crippen molar-refractivity contribution < 1.29 is 18.3 Å². The van der Waals surface area contributed by atoms with E-state index in [1.165, 1.54) is 35.4 Å². The number of hydrogen-bond acceptors (Lipinski definition) is 5. The molecule has 0 radical (unpaired) electrons. The van der Waals surface area contributed by atoms with E-state index in [4.69, 9.17) is 4.74 Å². The van der Waals surface area contributed by atoms with Crippen molar-refractivity contribution in [3.8, 4) is 11.6 Å². The Labute approximate surface area is 177 Å². The number of fused-ring (bicyclic) bond motifs is 2. The van der Waals surface area contributed by atoms with Gasteiger partial charge in [0, 0.05) is 17.7 Å².